The summed E-state index contributed by atoms with van der Waals surface area (Å²) < 4.78 is 24.0. The smallest absolute Gasteiger partial charge is 0.326 e. The molecule has 1 heterocycles. The number of nitrogens with zero attached hydrogens (tertiary/aromatic N) is 2. The Labute approximate surface area is 112 Å². The van der Waals surface area contributed by atoms with Gasteiger partial charge in [-0.1, -0.05) is 0 Å². The molecule has 0 saturated carbocycles. The molecular weight excluding hydrogens is 274 g/mol. The molecule has 110 valence electrons. The van der Waals surface area contributed by atoms with Crippen LogP contribution in [0.1, 0.15) is 12.8 Å². The molecule has 1 saturated heterocycles. The van der Waals surface area contributed by atoms with Gasteiger partial charge in [-0.3, -0.25) is 0 Å². The second-order valence-electron chi connectivity index (χ2n) is 4.52. The van der Waals surface area contributed by atoms with E-state index in [1.807, 2.05) is 0 Å². The number of nitrogens with one attached hydrogen (secondary N) is 1. The van der Waals surface area contributed by atoms with Crippen LogP contribution in [-0.2, 0) is 14.8 Å². The normalized spacial score (nSPS) is 19.7. The van der Waals surface area contributed by atoms with Gasteiger partial charge in [-0.05, 0) is 12.8 Å². The van der Waals surface area contributed by atoms with Gasteiger partial charge < -0.3 is 15.3 Å². The van der Waals surface area contributed by atoms with E-state index in [1.54, 1.807) is 0 Å². The summed E-state index contributed by atoms with van der Waals surface area (Å²) in [5, 5.41) is 11.4. The Kier molecular flexibility index (Phi) is 5.12. The second-order valence-corrected chi connectivity index (χ2v) is 6.82. The maximum atomic E-state index is 11.8. The fourth-order valence-electron chi connectivity index (χ4n) is 1.84. The molecule has 9 heteroatoms. The standard InChI is InChI=1S/C10H19N3O5S/c1-12(2)19(17,18)7-5-11-10(16)13-6-3-4-8(13)9(14)15/h8H,3-7H2,1-2H3,(H,11,16)(H,14,15). The molecule has 0 aromatic heterocycles. The van der Waals surface area contributed by atoms with Gasteiger partial charge in [0.2, 0.25) is 10.0 Å². The lowest BCUT2D eigenvalue weighted by Crippen LogP contribution is -2.47. The molecule has 1 atom stereocenters. The van der Waals surface area contributed by atoms with Gasteiger partial charge >= 0.3 is 12.0 Å². The summed E-state index contributed by atoms with van der Waals surface area (Å²) in [6.45, 7) is 0.339. The van der Waals surface area contributed by atoms with Crippen LogP contribution in [-0.4, -0.2) is 73.7 Å². The number of carbonyl (C=O) groups is 2. The number of urea groups is 1. The number of hydrogen-bond donors (Lipinski definition) is 2. The van der Waals surface area contributed by atoms with Gasteiger partial charge in [-0.25, -0.2) is 22.3 Å². The van der Waals surface area contributed by atoms with Crippen LogP contribution in [0.5, 0.6) is 0 Å². The number of rotatable bonds is 5. The third kappa shape index (κ3) is 4.06. The first kappa shape index (κ1) is 15.7. The number of carbonyl (C=O) groups excluding carboxylic acids is 1. The SMILES string of the molecule is CN(C)S(=O)(=O)CCNC(=O)N1CCCC1C(=O)O. The minimum atomic E-state index is -3.36. The van der Waals surface area contributed by atoms with E-state index in [0.29, 0.717) is 19.4 Å². The third-order valence-corrected chi connectivity index (χ3v) is 4.82. The molecule has 2 amide bonds. The average Bonchev–Trinajstić information content (AvgIpc) is 2.77. The molecular formula is C10H19N3O5S. The highest BCUT2D eigenvalue weighted by atomic mass is 32.2. The van der Waals surface area contributed by atoms with Crippen LogP contribution in [0.25, 0.3) is 0 Å². The molecule has 0 aliphatic carbocycles. The van der Waals surface area contributed by atoms with E-state index in [9.17, 15) is 18.0 Å². The zero-order valence-electron chi connectivity index (χ0n) is 11.0. The van der Waals surface area contributed by atoms with E-state index >= 15 is 0 Å². The third-order valence-electron chi connectivity index (χ3n) is 2.99. The topological polar surface area (TPSA) is 107 Å². The van der Waals surface area contributed by atoms with Crippen molar-refractivity contribution in [2.75, 3.05) is 32.9 Å². The van der Waals surface area contributed by atoms with E-state index in [1.165, 1.54) is 19.0 Å². The Morgan fingerprint density at radius 2 is 2.05 bits per heavy atom. The average molecular weight is 293 g/mol. The lowest BCUT2D eigenvalue weighted by Gasteiger charge is -2.22. The summed E-state index contributed by atoms with van der Waals surface area (Å²) in [5.41, 5.74) is 0. The number of sulfonamides is 1. The van der Waals surface area contributed by atoms with E-state index in [2.05, 4.69) is 5.32 Å². The first-order valence-corrected chi connectivity index (χ1v) is 7.54. The first-order chi connectivity index (χ1) is 8.75. The number of carboxylic acid groups (broad SMARTS) is 1. The maximum absolute atomic E-state index is 11.8. The Morgan fingerprint density at radius 1 is 1.42 bits per heavy atom. The van der Waals surface area contributed by atoms with E-state index in [-0.39, 0.29) is 12.3 Å². The van der Waals surface area contributed by atoms with Crippen molar-refractivity contribution in [3.63, 3.8) is 0 Å². The molecule has 1 fully saturated rings. The van der Waals surface area contributed by atoms with Crippen molar-refractivity contribution in [1.29, 1.82) is 0 Å². The van der Waals surface area contributed by atoms with Crippen molar-refractivity contribution in [2.24, 2.45) is 0 Å². The lowest BCUT2D eigenvalue weighted by atomic mass is 10.2. The van der Waals surface area contributed by atoms with Gasteiger partial charge in [-0.15, -0.1) is 0 Å². The molecule has 0 radical (unpaired) electrons. The first-order valence-electron chi connectivity index (χ1n) is 5.93. The van der Waals surface area contributed by atoms with Gasteiger partial charge in [0.1, 0.15) is 6.04 Å². The minimum absolute atomic E-state index is 0.0395. The lowest BCUT2D eigenvalue weighted by molar-refractivity contribution is -0.141. The highest BCUT2D eigenvalue weighted by molar-refractivity contribution is 7.89. The maximum Gasteiger partial charge on any atom is 0.326 e. The van der Waals surface area contributed by atoms with Gasteiger partial charge in [0.05, 0.1) is 5.75 Å². The summed E-state index contributed by atoms with van der Waals surface area (Å²) in [5.74, 6) is -1.24. The van der Waals surface area contributed by atoms with Crippen LogP contribution in [0.4, 0.5) is 4.79 Å². The summed E-state index contributed by atoms with van der Waals surface area (Å²) in [4.78, 5) is 23.9. The number of likely N-dealkylation sites (tertiary alicyclic amines) is 1. The molecule has 1 aliphatic heterocycles. The van der Waals surface area contributed by atoms with Crippen molar-refractivity contribution in [3.05, 3.63) is 0 Å². The number of carboxylic acids is 1. The predicted molar refractivity (Wildman–Crippen MR) is 68.2 cm³/mol. The van der Waals surface area contributed by atoms with Crippen molar-refractivity contribution in [2.45, 2.75) is 18.9 Å². The Hall–Kier alpha value is -1.35. The largest absolute Gasteiger partial charge is 0.480 e. The van der Waals surface area contributed by atoms with Crippen LogP contribution in [0.2, 0.25) is 0 Å². The molecule has 0 spiro atoms. The van der Waals surface area contributed by atoms with Gasteiger partial charge in [0, 0.05) is 27.2 Å². The summed E-state index contributed by atoms with van der Waals surface area (Å²) in [7, 11) is -0.534. The van der Waals surface area contributed by atoms with Crippen molar-refractivity contribution >= 4 is 22.0 Å². The van der Waals surface area contributed by atoms with Crippen molar-refractivity contribution < 1.29 is 23.1 Å². The number of amides is 2. The van der Waals surface area contributed by atoms with Crippen molar-refractivity contribution in [1.82, 2.24) is 14.5 Å². The Balaban J connectivity index is 2.46. The summed E-state index contributed by atoms with van der Waals surface area (Å²) in [6.07, 6.45) is 1.07. The van der Waals surface area contributed by atoms with E-state index in [0.717, 1.165) is 4.31 Å². The highest BCUT2D eigenvalue weighted by Gasteiger charge is 2.33. The monoisotopic (exact) mass is 293 g/mol. The quantitative estimate of drug-likeness (QED) is 0.685. The number of hydrogen-bond acceptors (Lipinski definition) is 4. The minimum Gasteiger partial charge on any atom is -0.480 e. The van der Waals surface area contributed by atoms with Crippen molar-refractivity contribution in [3.8, 4) is 0 Å². The van der Waals surface area contributed by atoms with Gasteiger partial charge in [0.15, 0.2) is 0 Å². The molecule has 2 N–H and O–H groups in total. The Bertz CT molecular complexity index is 448. The molecule has 0 aromatic carbocycles. The molecule has 0 aromatic rings. The van der Waals surface area contributed by atoms with Crippen LogP contribution >= 0.6 is 0 Å². The summed E-state index contributed by atoms with van der Waals surface area (Å²) >= 11 is 0. The Morgan fingerprint density at radius 3 is 2.58 bits per heavy atom. The van der Waals surface area contributed by atoms with E-state index in [4.69, 9.17) is 5.11 Å². The molecule has 19 heavy (non-hydrogen) atoms. The van der Waals surface area contributed by atoms with Crippen LogP contribution in [0, 0.1) is 0 Å². The molecule has 8 nitrogen and oxygen atoms in total. The number of aliphatic carboxylic acids is 1. The molecule has 1 unspecified atom stereocenters. The summed E-state index contributed by atoms with van der Waals surface area (Å²) in [6, 6.07) is -1.34. The molecule has 1 rings (SSSR count). The highest BCUT2D eigenvalue weighted by Crippen LogP contribution is 2.17. The predicted octanol–water partition coefficient (Wildman–Crippen LogP) is -0.864. The fourth-order valence-corrected chi connectivity index (χ4v) is 2.56. The van der Waals surface area contributed by atoms with Crippen LogP contribution < -0.4 is 5.32 Å². The fraction of sp³-hybridized carbons (Fsp3) is 0.800. The van der Waals surface area contributed by atoms with Gasteiger partial charge in [0.25, 0.3) is 0 Å². The van der Waals surface area contributed by atoms with Crippen LogP contribution in [0.3, 0.4) is 0 Å². The second kappa shape index (κ2) is 6.20. The van der Waals surface area contributed by atoms with Gasteiger partial charge in [-0.2, -0.15) is 0 Å². The van der Waals surface area contributed by atoms with Crippen LogP contribution in [0.15, 0.2) is 0 Å². The molecule has 1 aliphatic rings. The van der Waals surface area contributed by atoms with E-state index < -0.39 is 28.1 Å². The molecule has 0 bridgehead atoms. The zero-order valence-corrected chi connectivity index (χ0v) is 11.8. The zero-order chi connectivity index (χ0) is 14.6.